The highest BCUT2D eigenvalue weighted by atomic mass is 19.4. The number of hydrogen-bond donors (Lipinski definition) is 0. The van der Waals surface area contributed by atoms with Crippen molar-refractivity contribution in [2.75, 3.05) is 0 Å². The molecule has 0 aliphatic carbocycles. The van der Waals surface area contributed by atoms with Crippen LogP contribution in [0.25, 0.3) is 0 Å². The van der Waals surface area contributed by atoms with Gasteiger partial charge in [0, 0.05) is 5.56 Å². The van der Waals surface area contributed by atoms with Crippen LogP contribution in [-0.4, -0.2) is 5.78 Å². The molecular weight excluding hydrogens is 181 g/mol. The van der Waals surface area contributed by atoms with Gasteiger partial charge in [0.1, 0.15) is 0 Å². The van der Waals surface area contributed by atoms with Gasteiger partial charge in [-0.1, -0.05) is 12.1 Å². The molecule has 0 saturated heterocycles. The van der Waals surface area contributed by atoms with E-state index in [9.17, 15) is 18.0 Å². The number of ketones is 1. The van der Waals surface area contributed by atoms with Gasteiger partial charge in [-0.05, 0) is 19.1 Å². The molecule has 0 amide bonds. The third-order valence-electron chi connectivity index (χ3n) is 1.55. The molecule has 69 valence electrons. The van der Waals surface area contributed by atoms with Crippen LogP contribution in [0.1, 0.15) is 22.8 Å². The van der Waals surface area contributed by atoms with Gasteiger partial charge in [0.05, 0.1) is 5.56 Å². The van der Waals surface area contributed by atoms with E-state index in [-0.39, 0.29) is 5.56 Å². The molecule has 0 fully saturated rings. The van der Waals surface area contributed by atoms with Crippen LogP contribution in [0.5, 0.6) is 0 Å². The molecule has 0 atom stereocenters. The summed E-state index contributed by atoms with van der Waals surface area (Å²) >= 11 is 0. The van der Waals surface area contributed by atoms with E-state index in [1.807, 2.05) is 0 Å². The first kappa shape index (κ1) is 9.77. The Balaban J connectivity index is 3.28. The molecule has 1 nitrogen and oxygen atoms in total. The van der Waals surface area contributed by atoms with Gasteiger partial charge >= 0.3 is 6.18 Å². The molecule has 0 aliphatic rings. The van der Waals surface area contributed by atoms with Crippen molar-refractivity contribution < 1.29 is 18.0 Å². The van der Waals surface area contributed by atoms with Gasteiger partial charge in [-0.15, -0.1) is 0 Å². The summed E-state index contributed by atoms with van der Waals surface area (Å²) < 4.78 is 36.7. The highest BCUT2D eigenvalue weighted by Crippen LogP contribution is 2.31. The van der Waals surface area contributed by atoms with Gasteiger partial charge in [-0.3, -0.25) is 4.79 Å². The topological polar surface area (TPSA) is 17.1 Å². The number of carbonyl (C=O) groups excluding carboxylic acids is 1. The molecule has 4 heteroatoms. The molecule has 1 aromatic carbocycles. The van der Waals surface area contributed by atoms with E-state index in [1.54, 1.807) is 0 Å². The minimum absolute atomic E-state index is 0.314. The van der Waals surface area contributed by atoms with E-state index < -0.39 is 17.5 Å². The van der Waals surface area contributed by atoms with Crippen molar-refractivity contribution in [1.82, 2.24) is 0 Å². The summed E-state index contributed by atoms with van der Waals surface area (Å²) in [6.45, 7) is 1.10. The molecule has 0 spiro atoms. The van der Waals surface area contributed by atoms with Crippen molar-refractivity contribution in [3.8, 4) is 0 Å². The second-order valence-corrected chi connectivity index (χ2v) is 2.53. The van der Waals surface area contributed by atoms with Gasteiger partial charge in [0.2, 0.25) is 0 Å². The third-order valence-corrected chi connectivity index (χ3v) is 1.55. The molecule has 0 aliphatic heterocycles. The SMILES string of the molecule is CC(=O)c1cc[c]cc1C(F)(F)F. The Labute approximate surface area is 73.2 Å². The highest BCUT2D eigenvalue weighted by Gasteiger charge is 2.33. The fraction of sp³-hybridized carbons (Fsp3) is 0.222. The lowest BCUT2D eigenvalue weighted by atomic mass is 10.0. The molecule has 0 N–H and O–H groups in total. The molecule has 0 unspecified atom stereocenters. The lowest BCUT2D eigenvalue weighted by molar-refractivity contribution is -0.137. The van der Waals surface area contributed by atoms with Gasteiger partial charge in [0.25, 0.3) is 0 Å². The summed E-state index contributed by atoms with van der Waals surface area (Å²) in [5.41, 5.74) is -1.24. The van der Waals surface area contributed by atoms with Crippen LogP contribution < -0.4 is 0 Å². The Morgan fingerprint density at radius 1 is 1.46 bits per heavy atom. The lowest BCUT2D eigenvalue weighted by Gasteiger charge is -2.09. The fourth-order valence-corrected chi connectivity index (χ4v) is 0.972. The summed E-state index contributed by atoms with van der Waals surface area (Å²) in [5, 5.41) is 0. The molecule has 1 rings (SSSR count). The van der Waals surface area contributed by atoms with E-state index in [0.717, 1.165) is 19.1 Å². The van der Waals surface area contributed by atoms with Crippen molar-refractivity contribution in [3.63, 3.8) is 0 Å². The molecular formula is C9H6F3O. The first-order valence-corrected chi connectivity index (χ1v) is 3.51. The van der Waals surface area contributed by atoms with Crippen molar-refractivity contribution >= 4 is 5.78 Å². The Morgan fingerprint density at radius 3 is 2.46 bits per heavy atom. The van der Waals surface area contributed by atoms with Gasteiger partial charge < -0.3 is 0 Å². The van der Waals surface area contributed by atoms with Crippen molar-refractivity contribution in [2.24, 2.45) is 0 Å². The van der Waals surface area contributed by atoms with Crippen LogP contribution >= 0.6 is 0 Å². The summed E-state index contributed by atoms with van der Waals surface area (Å²) in [6.07, 6.45) is -4.49. The number of carbonyl (C=O) groups is 1. The normalized spacial score (nSPS) is 11.4. The van der Waals surface area contributed by atoms with Crippen molar-refractivity contribution in [1.29, 1.82) is 0 Å². The number of Topliss-reactive ketones (excluding diaryl/α,β-unsaturated/α-hetero) is 1. The highest BCUT2D eigenvalue weighted by molar-refractivity contribution is 5.95. The molecule has 0 saturated carbocycles. The minimum atomic E-state index is -4.49. The fourth-order valence-electron chi connectivity index (χ4n) is 0.972. The zero-order chi connectivity index (χ0) is 10.1. The number of hydrogen-bond acceptors (Lipinski definition) is 1. The van der Waals surface area contributed by atoms with Gasteiger partial charge in [-0.25, -0.2) is 0 Å². The number of alkyl halides is 3. The molecule has 0 aromatic heterocycles. The van der Waals surface area contributed by atoms with Crippen LogP contribution in [0.15, 0.2) is 18.2 Å². The van der Waals surface area contributed by atoms with E-state index in [0.29, 0.717) is 0 Å². The number of halogens is 3. The maximum atomic E-state index is 12.2. The van der Waals surface area contributed by atoms with Crippen LogP contribution in [0.3, 0.4) is 0 Å². The van der Waals surface area contributed by atoms with E-state index in [4.69, 9.17) is 0 Å². The van der Waals surface area contributed by atoms with Crippen molar-refractivity contribution in [3.05, 3.63) is 35.4 Å². The summed E-state index contributed by atoms with van der Waals surface area (Å²) in [7, 11) is 0. The Kier molecular flexibility index (Phi) is 2.40. The van der Waals surface area contributed by atoms with Gasteiger partial charge in [-0.2, -0.15) is 13.2 Å². The maximum absolute atomic E-state index is 12.2. The standard InChI is InChI=1S/C9H6F3O/c1-6(13)7-4-2-3-5-8(7)9(10,11)12/h2,4-5H,1H3. The zero-order valence-electron chi connectivity index (χ0n) is 6.77. The molecule has 0 bridgehead atoms. The first-order valence-electron chi connectivity index (χ1n) is 3.51. The lowest BCUT2D eigenvalue weighted by Crippen LogP contribution is -2.11. The largest absolute Gasteiger partial charge is 0.417 e. The van der Waals surface area contributed by atoms with Crippen LogP contribution in [0.4, 0.5) is 13.2 Å². The molecule has 13 heavy (non-hydrogen) atoms. The quantitative estimate of drug-likeness (QED) is 0.618. The average Bonchev–Trinajstić information content (AvgIpc) is 2.03. The maximum Gasteiger partial charge on any atom is 0.417 e. The predicted octanol–water partition coefficient (Wildman–Crippen LogP) is 2.71. The van der Waals surface area contributed by atoms with Crippen LogP contribution in [-0.2, 0) is 6.18 Å². The zero-order valence-corrected chi connectivity index (χ0v) is 6.77. The smallest absolute Gasteiger partial charge is 0.294 e. The third kappa shape index (κ3) is 2.08. The molecule has 1 aromatic rings. The monoisotopic (exact) mass is 187 g/mol. The number of rotatable bonds is 1. The second-order valence-electron chi connectivity index (χ2n) is 2.53. The molecule has 0 heterocycles. The predicted molar refractivity (Wildman–Crippen MR) is 40.3 cm³/mol. The summed E-state index contributed by atoms with van der Waals surface area (Å²) in [4.78, 5) is 10.8. The van der Waals surface area contributed by atoms with Gasteiger partial charge in [0.15, 0.2) is 5.78 Å². The van der Waals surface area contributed by atoms with E-state index in [2.05, 4.69) is 6.07 Å². The summed E-state index contributed by atoms with van der Waals surface area (Å²) in [5.74, 6) is -0.596. The van der Waals surface area contributed by atoms with Crippen LogP contribution in [0, 0.1) is 6.07 Å². The Bertz CT molecular complexity index is 328. The Hall–Kier alpha value is -1.32. The summed E-state index contributed by atoms with van der Waals surface area (Å²) in [6, 6.07) is 5.47. The average molecular weight is 187 g/mol. The first-order chi connectivity index (χ1) is 5.93. The van der Waals surface area contributed by atoms with E-state index in [1.165, 1.54) is 6.07 Å². The van der Waals surface area contributed by atoms with Crippen LogP contribution in [0.2, 0.25) is 0 Å². The minimum Gasteiger partial charge on any atom is -0.294 e. The van der Waals surface area contributed by atoms with E-state index >= 15 is 0 Å². The Morgan fingerprint density at radius 2 is 2.08 bits per heavy atom. The second kappa shape index (κ2) is 3.20. The number of benzene rings is 1. The molecule has 1 radical (unpaired) electrons. The van der Waals surface area contributed by atoms with Crippen molar-refractivity contribution in [2.45, 2.75) is 13.1 Å².